The molecule has 152 valence electrons. The minimum atomic E-state index is -0.366. The molecule has 0 unspecified atom stereocenters. The number of aryl methyl sites for hydroxylation is 2. The van der Waals surface area contributed by atoms with Gasteiger partial charge in [0.1, 0.15) is 4.83 Å². The number of rotatable bonds is 5. The van der Waals surface area contributed by atoms with Crippen LogP contribution in [0.5, 0.6) is 0 Å². The van der Waals surface area contributed by atoms with Gasteiger partial charge in [-0.3, -0.25) is 9.36 Å². The molecule has 2 heterocycles. The number of carbonyl (C=O) groups excluding carboxylic acids is 1. The van der Waals surface area contributed by atoms with Gasteiger partial charge < -0.3 is 4.74 Å². The van der Waals surface area contributed by atoms with Crippen molar-refractivity contribution in [1.29, 1.82) is 0 Å². The van der Waals surface area contributed by atoms with Gasteiger partial charge in [0.15, 0.2) is 0 Å². The van der Waals surface area contributed by atoms with E-state index in [2.05, 4.69) is 37.0 Å². The largest absolute Gasteiger partial charge is 0.462 e. The van der Waals surface area contributed by atoms with E-state index in [0.717, 1.165) is 27.1 Å². The van der Waals surface area contributed by atoms with Crippen LogP contribution in [0.3, 0.4) is 0 Å². The van der Waals surface area contributed by atoms with Crippen LogP contribution in [0.25, 0.3) is 21.3 Å². The van der Waals surface area contributed by atoms with Crippen LogP contribution in [0.1, 0.15) is 34.0 Å². The Balaban J connectivity index is 1.75. The normalized spacial score (nSPS) is 11.0. The molecule has 2 aromatic carbocycles. The Bertz CT molecular complexity index is 1300. The van der Waals surface area contributed by atoms with Crippen LogP contribution in [0.15, 0.2) is 59.0 Å². The lowest BCUT2D eigenvalue weighted by Crippen LogP contribution is -2.21. The molecule has 0 fully saturated rings. The maximum atomic E-state index is 13.3. The first kappa shape index (κ1) is 20.0. The molecule has 6 heteroatoms. The van der Waals surface area contributed by atoms with E-state index in [1.807, 2.05) is 11.4 Å². The first-order valence-electron chi connectivity index (χ1n) is 9.78. The summed E-state index contributed by atoms with van der Waals surface area (Å²) in [6, 6.07) is 13.4. The quantitative estimate of drug-likeness (QED) is 0.430. The molecule has 0 amide bonds. The molecule has 0 atom stereocenters. The van der Waals surface area contributed by atoms with E-state index in [0.29, 0.717) is 24.1 Å². The number of hydrogen-bond donors (Lipinski definition) is 0. The number of esters is 1. The summed E-state index contributed by atoms with van der Waals surface area (Å²) in [7, 11) is 0. The highest BCUT2D eigenvalue weighted by atomic mass is 32.1. The first-order chi connectivity index (χ1) is 14.5. The third-order valence-corrected chi connectivity index (χ3v) is 5.91. The van der Waals surface area contributed by atoms with Crippen molar-refractivity contribution in [3.63, 3.8) is 0 Å². The van der Waals surface area contributed by atoms with Gasteiger partial charge in [0.25, 0.3) is 5.56 Å². The zero-order valence-electron chi connectivity index (χ0n) is 17.1. The molecule has 0 aliphatic carbocycles. The molecule has 0 radical (unpaired) electrons. The Kier molecular flexibility index (Phi) is 5.50. The smallest absolute Gasteiger partial charge is 0.338 e. The highest BCUT2D eigenvalue weighted by Gasteiger charge is 2.15. The fourth-order valence-corrected chi connectivity index (χ4v) is 4.50. The number of benzene rings is 2. The summed E-state index contributed by atoms with van der Waals surface area (Å²) in [6.07, 6.45) is 1.57. The summed E-state index contributed by atoms with van der Waals surface area (Å²) in [4.78, 5) is 30.6. The Labute approximate surface area is 178 Å². The summed E-state index contributed by atoms with van der Waals surface area (Å²) in [6.45, 7) is 6.54. The minimum absolute atomic E-state index is 0.0854. The lowest BCUT2D eigenvalue weighted by Gasteiger charge is -2.09. The maximum absolute atomic E-state index is 13.3. The fraction of sp³-hybridized carbons (Fsp3) is 0.208. The lowest BCUT2D eigenvalue weighted by molar-refractivity contribution is 0.0526. The highest BCUT2D eigenvalue weighted by Crippen LogP contribution is 2.33. The zero-order valence-corrected chi connectivity index (χ0v) is 18.0. The molecular weight excluding hydrogens is 396 g/mol. The van der Waals surface area contributed by atoms with Crippen molar-refractivity contribution in [3.05, 3.63) is 86.8 Å². The number of carbonyl (C=O) groups is 1. The Morgan fingerprint density at radius 3 is 2.73 bits per heavy atom. The van der Waals surface area contributed by atoms with Crippen molar-refractivity contribution in [1.82, 2.24) is 9.55 Å². The fourth-order valence-electron chi connectivity index (χ4n) is 3.60. The molecule has 0 N–H and O–H groups in total. The molecule has 2 aromatic heterocycles. The van der Waals surface area contributed by atoms with E-state index in [9.17, 15) is 9.59 Å². The second-order valence-electron chi connectivity index (χ2n) is 7.25. The standard InChI is InChI=1S/C24H22N2O3S/c1-4-29-24(28)18-7-5-6-17(11-18)12-26-14-25-22-21(23(26)27)20(13-30-22)19-9-8-15(2)10-16(19)3/h5-11,13-14H,4,12H2,1-3H3. The SMILES string of the molecule is CCOC(=O)c1cccc(Cn2cnc3scc(-c4ccc(C)cc4C)c3c2=O)c1. The van der Waals surface area contributed by atoms with Crippen molar-refractivity contribution in [2.24, 2.45) is 0 Å². The van der Waals surface area contributed by atoms with Gasteiger partial charge >= 0.3 is 5.97 Å². The summed E-state index contributed by atoms with van der Waals surface area (Å²) in [5.74, 6) is -0.366. The van der Waals surface area contributed by atoms with E-state index >= 15 is 0 Å². The van der Waals surface area contributed by atoms with E-state index in [1.165, 1.54) is 16.9 Å². The average Bonchev–Trinajstić information content (AvgIpc) is 3.15. The van der Waals surface area contributed by atoms with Gasteiger partial charge in [-0.05, 0) is 49.6 Å². The second-order valence-corrected chi connectivity index (χ2v) is 8.10. The summed E-state index contributed by atoms with van der Waals surface area (Å²) >= 11 is 1.48. The molecule has 4 rings (SSSR count). The van der Waals surface area contributed by atoms with Gasteiger partial charge in [-0.15, -0.1) is 11.3 Å². The average molecular weight is 419 g/mol. The van der Waals surface area contributed by atoms with Crippen LogP contribution >= 0.6 is 11.3 Å². The number of ether oxygens (including phenoxy) is 1. The van der Waals surface area contributed by atoms with Crippen LogP contribution in [-0.4, -0.2) is 22.1 Å². The van der Waals surface area contributed by atoms with Crippen molar-refractivity contribution in [2.45, 2.75) is 27.3 Å². The third kappa shape index (κ3) is 3.78. The van der Waals surface area contributed by atoms with Gasteiger partial charge in [0.05, 0.1) is 30.4 Å². The maximum Gasteiger partial charge on any atom is 0.338 e. The van der Waals surface area contributed by atoms with Crippen LogP contribution in [0.4, 0.5) is 0 Å². The third-order valence-electron chi connectivity index (χ3n) is 5.02. The van der Waals surface area contributed by atoms with E-state index in [1.54, 1.807) is 36.0 Å². The monoisotopic (exact) mass is 418 g/mol. The van der Waals surface area contributed by atoms with Gasteiger partial charge in [-0.1, -0.05) is 35.9 Å². The van der Waals surface area contributed by atoms with Crippen LogP contribution < -0.4 is 5.56 Å². The number of aromatic nitrogens is 2. The first-order valence-corrected chi connectivity index (χ1v) is 10.7. The molecule has 4 aromatic rings. The van der Waals surface area contributed by atoms with Gasteiger partial charge in [-0.25, -0.2) is 9.78 Å². The van der Waals surface area contributed by atoms with Crippen molar-refractivity contribution in [3.8, 4) is 11.1 Å². The highest BCUT2D eigenvalue weighted by molar-refractivity contribution is 7.17. The zero-order chi connectivity index (χ0) is 21.3. The number of thiophene rings is 1. The molecule has 0 aliphatic rings. The van der Waals surface area contributed by atoms with Crippen LogP contribution in [-0.2, 0) is 11.3 Å². The molecular formula is C24H22N2O3S. The van der Waals surface area contributed by atoms with Crippen molar-refractivity contribution < 1.29 is 9.53 Å². The Morgan fingerprint density at radius 2 is 1.97 bits per heavy atom. The topological polar surface area (TPSA) is 61.2 Å². The van der Waals surface area contributed by atoms with E-state index < -0.39 is 0 Å². The van der Waals surface area contributed by atoms with E-state index in [4.69, 9.17) is 4.74 Å². The van der Waals surface area contributed by atoms with Crippen molar-refractivity contribution in [2.75, 3.05) is 6.61 Å². The van der Waals surface area contributed by atoms with Crippen LogP contribution in [0.2, 0.25) is 0 Å². The summed E-state index contributed by atoms with van der Waals surface area (Å²) < 4.78 is 6.66. The molecule has 0 saturated carbocycles. The second kappa shape index (κ2) is 8.24. The van der Waals surface area contributed by atoms with Crippen LogP contribution in [0, 0.1) is 13.8 Å². The number of nitrogens with zero attached hydrogens (tertiary/aromatic N) is 2. The van der Waals surface area contributed by atoms with Crippen molar-refractivity contribution >= 4 is 27.5 Å². The molecule has 0 saturated heterocycles. The Hall–Kier alpha value is -3.25. The number of hydrogen-bond acceptors (Lipinski definition) is 5. The molecule has 30 heavy (non-hydrogen) atoms. The predicted molar refractivity (Wildman–Crippen MR) is 120 cm³/mol. The molecule has 0 aliphatic heterocycles. The van der Waals surface area contributed by atoms with Gasteiger partial charge in [-0.2, -0.15) is 0 Å². The molecule has 0 spiro atoms. The Morgan fingerprint density at radius 1 is 1.13 bits per heavy atom. The minimum Gasteiger partial charge on any atom is -0.462 e. The predicted octanol–water partition coefficient (Wildman–Crippen LogP) is 4.97. The van der Waals surface area contributed by atoms with E-state index in [-0.39, 0.29) is 11.5 Å². The summed E-state index contributed by atoms with van der Waals surface area (Å²) in [5.41, 5.74) is 5.51. The van der Waals surface area contributed by atoms with Gasteiger partial charge in [0, 0.05) is 10.9 Å². The lowest BCUT2D eigenvalue weighted by atomic mass is 9.99. The molecule has 5 nitrogen and oxygen atoms in total. The summed E-state index contributed by atoms with van der Waals surface area (Å²) in [5, 5.41) is 2.64. The number of fused-ring (bicyclic) bond motifs is 1. The molecule has 0 bridgehead atoms. The van der Waals surface area contributed by atoms with Gasteiger partial charge in [0.2, 0.25) is 0 Å².